The molecule has 1 unspecified atom stereocenters. The molecule has 0 bridgehead atoms. The quantitative estimate of drug-likeness (QED) is 0.845. The van der Waals surface area contributed by atoms with Gasteiger partial charge in [-0.15, -0.1) is 0 Å². The Morgan fingerprint density at radius 1 is 1.21 bits per heavy atom. The lowest BCUT2D eigenvalue weighted by atomic mass is 10.1. The zero-order valence-electron chi connectivity index (χ0n) is 11.2. The Morgan fingerprint density at radius 2 is 2.00 bits per heavy atom. The second kappa shape index (κ2) is 4.88. The van der Waals surface area contributed by atoms with Crippen LogP contribution >= 0.6 is 0 Å². The highest BCUT2D eigenvalue weighted by Crippen LogP contribution is 2.20. The highest BCUT2D eigenvalue weighted by Gasteiger charge is 2.22. The summed E-state index contributed by atoms with van der Waals surface area (Å²) in [5.74, 6) is 1.13. The lowest BCUT2D eigenvalue weighted by molar-refractivity contribution is 0.277. The van der Waals surface area contributed by atoms with Gasteiger partial charge in [0, 0.05) is 11.8 Å². The van der Waals surface area contributed by atoms with Crippen LogP contribution in [0.25, 0.3) is 0 Å². The summed E-state index contributed by atoms with van der Waals surface area (Å²) in [5, 5.41) is 4.55. The van der Waals surface area contributed by atoms with Gasteiger partial charge in [0.2, 0.25) is 5.90 Å². The lowest BCUT2D eigenvalue weighted by Gasteiger charge is -2.05. The van der Waals surface area contributed by atoms with E-state index in [0.717, 1.165) is 11.3 Å². The van der Waals surface area contributed by atoms with Crippen LogP contribution in [0, 0.1) is 0 Å². The molecule has 98 valence electrons. The first-order chi connectivity index (χ1) is 9.24. The normalized spacial score (nSPS) is 18.5. The summed E-state index contributed by atoms with van der Waals surface area (Å²) in [6.45, 7) is 4.82. The van der Waals surface area contributed by atoms with E-state index in [1.165, 1.54) is 0 Å². The third-order valence-corrected chi connectivity index (χ3v) is 3.18. The highest BCUT2D eigenvalue weighted by molar-refractivity contribution is 5.94. The zero-order chi connectivity index (χ0) is 13.2. The summed E-state index contributed by atoms with van der Waals surface area (Å²) in [7, 11) is 0. The summed E-state index contributed by atoms with van der Waals surface area (Å²) in [5.41, 5.74) is 2.10. The fourth-order valence-electron chi connectivity index (χ4n) is 2.06. The number of nitrogens with zero attached hydrogens (tertiary/aromatic N) is 3. The fraction of sp³-hybridized carbons (Fsp3) is 0.333. The van der Waals surface area contributed by atoms with Gasteiger partial charge in [-0.1, -0.05) is 32.0 Å². The highest BCUT2D eigenvalue weighted by atomic mass is 16.5. The Kier molecular flexibility index (Phi) is 3.07. The average Bonchev–Trinajstić information content (AvgIpc) is 3.09. The van der Waals surface area contributed by atoms with E-state index in [2.05, 4.69) is 23.9 Å². The molecule has 0 saturated heterocycles. The third-order valence-electron chi connectivity index (χ3n) is 3.18. The molecule has 1 atom stereocenters. The predicted octanol–water partition coefficient (Wildman–Crippen LogP) is 2.98. The molecule has 1 aromatic carbocycles. The van der Waals surface area contributed by atoms with Gasteiger partial charge < -0.3 is 4.74 Å². The smallest absolute Gasteiger partial charge is 0.218 e. The monoisotopic (exact) mass is 255 g/mol. The molecule has 1 aromatic heterocycles. The van der Waals surface area contributed by atoms with Crippen molar-refractivity contribution < 1.29 is 4.74 Å². The molecule has 3 rings (SSSR count). The molecule has 2 aromatic rings. The van der Waals surface area contributed by atoms with Gasteiger partial charge in [-0.05, 0) is 24.1 Å². The first-order valence-corrected chi connectivity index (χ1v) is 6.55. The van der Waals surface area contributed by atoms with Crippen molar-refractivity contribution in [2.45, 2.75) is 25.9 Å². The molecule has 0 N–H and O–H groups in total. The summed E-state index contributed by atoms with van der Waals surface area (Å²) >= 11 is 0. The maximum Gasteiger partial charge on any atom is 0.218 e. The van der Waals surface area contributed by atoms with Crippen LogP contribution in [0.3, 0.4) is 0 Å². The fourth-order valence-corrected chi connectivity index (χ4v) is 2.06. The van der Waals surface area contributed by atoms with Gasteiger partial charge >= 0.3 is 0 Å². The Morgan fingerprint density at radius 3 is 2.68 bits per heavy atom. The van der Waals surface area contributed by atoms with E-state index in [9.17, 15) is 0 Å². The topological polar surface area (TPSA) is 39.4 Å². The first-order valence-electron chi connectivity index (χ1n) is 6.55. The minimum absolute atomic E-state index is 0.0530. The van der Waals surface area contributed by atoms with Crippen molar-refractivity contribution in [1.29, 1.82) is 0 Å². The molecule has 0 radical (unpaired) electrons. The number of aliphatic imine (C=N–C) groups is 1. The second-order valence-corrected chi connectivity index (χ2v) is 4.97. The van der Waals surface area contributed by atoms with E-state index >= 15 is 0 Å². The molecule has 1 aliphatic heterocycles. The molecule has 2 heterocycles. The lowest BCUT2D eigenvalue weighted by Crippen LogP contribution is -2.09. The Bertz CT molecular complexity index is 586. The van der Waals surface area contributed by atoms with E-state index in [4.69, 9.17) is 4.74 Å². The Balaban J connectivity index is 1.82. The standard InChI is InChI=1S/C15H17N3O/c1-11(2)13-8-9-18(17-13)14-10-19-15(16-14)12-6-4-3-5-7-12/h3-9,11,14H,10H2,1-2H3. The van der Waals surface area contributed by atoms with Crippen LogP contribution < -0.4 is 0 Å². The molecule has 0 saturated carbocycles. The predicted molar refractivity (Wildman–Crippen MR) is 74.3 cm³/mol. The summed E-state index contributed by atoms with van der Waals surface area (Å²) in [6.07, 6.45) is 1.92. The van der Waals surface area contributed by atoms with Gasteiger partial charge in [-0.2, -0.15) is 5.10 Å². The van der Waals surface area contributed by atoms with Gasteiger partial charge in [0.05, 0.1) is 5.69 Å². The summed E-state index contributed by atoms with van der Waals surface area (Å²) in [4.78, 5) is 4.60. The molecule has 0 fully saturated rings. The average molecular weight is 255 g/mol. The maximum absolute atomic E-state index is 5.66. The van der Waals surface area contributed by atoms with Crippen LogP contribution in [-0.4, -0.2) is 22.3 Å². The van der Waals surface area contributed by atoms with Crippen molar-refractivity contribution in [1.82, 2.24) is 9.78 Å². The zero-order valence-corrected chi connectivity index (χ0v) is 11.2. The number of ether oxygens (including phenoxy) is 1. The number of hydrogen-bond donors (Lipinski definition) is 0. The first kappa shape index (κ1) is 12.0. The summed E-state index contributed by atoms with van der Waals surface area (Å²) < 4.78 is 7.55. The molecular weight excluding hydrogens is 238 g/mol. The van der Waals surface area contributed by atoms with E-state index in [-0.39, 0.29) is 6.17 Å². The SMILES string of the molecule is CC(C)c1ccn(C2COC(c3ccccc3)=N2)n1. The molecule has 4 nitrogen and oxygen atoms in total. The summed E-state index contributed by atoms with van der Waals surface area (Å²) in [6, 6.07) is 12.0. The van der Waals surface area contributed by atoms with Crippen LogP contribution in [0.2, 0.25) is 0 Å². The number of rotatable bonds is 3. The van der Waals surface area contributed by atoms with Crippen LogP contribution in [-0.2, 0) is 4.74 Å². The molecule has 19 heavy (non-hydrogen) atoms. The van der Waals surface area contributed by atoms with E-state index in [1.54, 1.807) is 0 Å². The second-order valence-electron chi connectivity index (χ2n) is 4.97. The van der Waals surface area contributed by atoms with Crippen molar-refractivity contribution >= 4 is 5.90 Å². The maximum atomic E-state index is 5.66. The van der Waals surface area contributed by atoms with E-state index in [1.807, 2.05) is 47.3 Å². The van der Waals surface area contributed by atoms with Crippen LogP contribution in [0.5, 0.6) is 0 Å². The molecular formula is C15H17N3O. The Hall–Kier alpha value is -2.10. The largest absolute Gasteiger partial charge is 0.473 e. The van der Waals surface area contributed by atoms with Crippen LogP contribution in [0.1, 0.15) is 37.2 Å². The number of benzene rings is 1. The van der Waals surface area contributed by atoms with Gasteiger partial charge in [-0.3, -0.25) is 0 Å². The van der Waals surface area contributed by atoms with Gasteiger partial charge in [0.25, 0.3) is 0 Å². The van der Waals surface area contributed by atoms with E-state index in [0.29, 0.717) is 18.4 Å². The molecule has 4 heteroatoms. The minimum atomic E-state index is -0.0530. The van der Waals surface area contributed by atoms with Gasteiger partial charge in [0.1, 0.15) is 6.61 Å². The molecule has 0 amide bonds. The molecule has 0 spiro atoms. The number of aromatic nitrogens is 2. The van der Waals surface area contributed by atoms with Crippen LogP contribution in [0.15, 0.2) is 47.6 Å². The van der Waals surface area contributed by atoms with Crippen molar-refractivity contribution in [2.75, 3.05) is 6.61 Å². The van der Waals surface area contributed by atoms with E-state index < -0.39 is 0 Å². The van der Waals surface area contributed by atoms with Gasteiger partial charge in [-0.25, -0.2) is 9.67 Å². The minimum Gasteiger partial charge on any atom is -0.473 e. The van der Waals surface area contributed by atoms with Crippen LogP contribution in [0.4, 0.5) is 0 Å². The Labute approximate surface area is 112 Å². The third kappa shape index (κ3) is 2.38. The van der Waals surface area contributed by atoms with Crippen molar-refractivity contribution in [2.24, 2.45) is 4.99 Å². The molecule has 1 aliphatic rings. The van der Waals surface area contributed by atoms with Gasteiger partial charge in [0.15, 0.2) is 6.17 Å². The number of hydrogen-bond acceptors (Lipinski definition) is 3. The van der Waals surface area contributed by atoms with Crippen molar-refractivity contribution in [3.05, 3.63) is 53.9 Å². The van der Waals surface area contributed by atoms with Crippen molar-refractivity contribution in [3.8, 4) is 0 Å². The van der Waals surface area contributed by atoms with Crippen molar-refractivity contribution in [3.63, 3.8) is 0 Å². The molecule has 0 aliphatic carbocycles.